The van der Waals surface area contributed by atoms with Crippen molar-refractivity contribution < 1.29 is 24.6 Å². The van der Waals surface area contributed by atoms with Crippen molar-refractivity contribution in [2.45, 2.75) is 62.7 Å². The number of nitrogens with one attached hydrogen (secondary N) is 4. The lowest BCUT2D eigenvalue weighted by Gasteiger charge is -2.28. The Labute approximate surface area is 227 Å². The summed E-state index contributed by atoms with van der Waals surface area (Å²) in [6.07, 6.45) is 2.33. The lowest BCUT2D eigenvalue weighted by atomic mass is 9.95. The monoisotopic (exact) mass is 538 g/mol. The van der Waals surface area contributed by atoms with Crippen LogP contribution in [0.5, 0.6) is 11.5 Å². The van der Waals surface area contributed by atoms with Crippen LogP contribution < -0.4 is 32.7 Å². The van der Waals surface area contributed by atoms with Gasteiger partial charge < -0.3 is 42.9 Å². The van der Waals surface area contributed by atoms with Crippen LogP contribution in [0.3, 0.4) is 0 Å². The van der Waals surface area contributed by atoms with Gasteiger partial charge in [-0.05, 0) is 91.8 Å². The first kappa shape index (κ1) is 28.3. The van der Waals surface area contributed by atoms with E-state index < -0.39 is 29.9 Å². The van der Waals surface area contributed by atoms with E-state index >= 15 is 0 Å². The molecule has 0 radical (unpaired) electrons. The molecule has 11 nitrogen and oxygen atoms in total. The molecule has 4 rings (SSSR count). The van der Waals surface area contributed by atoms with Crippen molar-refractivity contribution >= 4 is 17.7 Å². The molecule has 0 unspecified atom stereocenters. The number of nitrogens with two attached hydrogens (primary N) is 2. The number of phenols is 2. The Kier molecular flexibility index (Phi) is 9.39. The maximum atomic E-state index is 13.4. The van der Waals surface area contributed by atoms with Crippen molar-refractivity contribution in [1.29, 1.82) is 0 Å². The second-order valence-electron chi connectivity index (χ2n) is 10.3. The number of carbonyl (C=O) groups excluding carboxylic acids is 3. The average Bonchev–Trinajstić information content (AvgIpc) is 2.92. The van der Waals surface area contributed by atoms with E-state index in [1.807, 2.05) is 0 Å². The predicted octanol–water partition coefficient (Wildman–Crippen LogP) is -0.233. The van der Waals surface area contributed by atoms with E-state index in [1.54, 1.807) is 30.3 Å². The van der Waals surface area contributed by atoms with Gasteiger partial charge in [0, 0.05) is 18.9 Å². The van der Waals surface area contributed by atoms with Crippen molar-refractivity contribution in [3.8, 4) is 22.6 Å². The summed E-state index contributed by atoms with van der Waals surface area (Å²) >= 11 is 0. The van der Waals surface area contributed by atoms with Gasteiger partial charge in [0.25, 0.3) is 0 Å². The Hall–Kier alpha value is -3.67. The van der Waals surface area contributed by atoms with Crippen LogP contribution in [0.2, 0.25) is 0 Å². The largest absolute Gasteiger partial charge is 0.508 e. The quantitative estimate of drug-likeness (QED) is 0.256. The first-order chi connectivity index (χ1) is 18.7. The standard InChI is InChI=1S/C28H38N6O5/c29-9-1-2-22-27(38)34-23(28(39)32-20-7-10-31-11-8-20)15-19-13-17(4-6-25(19)36)16-3-5-24(35)18(12-16)14-21(30)26(37)33-22/h3-6,12-13,20-23,31,35-36H,1-2,7-11,14-15,29-30H2,(H,32,39)(H,33,37)(H,34,38)/t21-,22-,23-/m0/s1. The highest BCUT2D eigenvalue weighted by molar-refractivity contribution is 5.93. The van der Waals surface area contributed by atoms with E-state index in [4.69, 9.17) is 11.5 Å². The Morgan fingerprint density at radius 3 is 2.15 bits per heavy atom. The third kappa shape index (κ3) is 7.25. The van der Waals surface area contributed by atoms with Gasteiger partial charge in [0.15, 0.2) is 0 Å². The molecular formula is C28H38N6O5. The number of phenolic OH excluding ortho intramolecular Hbond substituents is 2. The normalized spacial score (nSPS) is 22.7. The number of piperidine rings is 1. The van der Waals surface area contributed by atoms with Gasteiger partial charge >= 0.3 is 0 Å². The second kappa shape index (κ2) is 12.9. The van der Waals surface area contributed by atoms with E-state index in [0.29, 0.717) is 24.1 Å². The van der Waals surface area contributed by atoms with Crippen LogP contribution in [0.1, 0.15) is 36.8 Å². The Morgan fingerprint density at radius 1 is 0.923 bits per heavy atom. The zero-order valence-electron chi connectivity index (χ0n) is 21.9. The molecule has 3 amide bonds. The number of aromatic hydroxyl groups is 2. The predicted molar refractivity (Wildman–Crippen MR) is 147 cm³/mol. The molecule has 2 aliphatic heterocycles. The van der Waals surface area contributed by atoms with Crippen LogP contribution in [0.4, 0.5) is 0 Å². The summed E-state index contributed by atoms with van der Waals surface area (Å²) in [6.45, 7) is 1.88. The smallest absolute Gasteiger partial charge is 0.243 e. The summed E-state index contributed by atoms with van der Waals surface area (Å²) in [6, 6.07) is 7.00. The van der Waals surface area contributed by atoms with Crippen LogP contribution in [-0.2, 0) is 27.2 Å². The molecule has 2 aromatic rings. The minimum Gasteiger partial charge on any atom is -0.508 e. The Bertz CT molecular complexity index is 1200. The van der Waals surface area contributed by atoms with Crippen LogP contribution in [0, 0.1) is 0 Å². The van der Waals surface area contributed by atoms with E-state index in [1.165, 1.54) is 6.07 Å². The molecule has 0 spiro atoms. The molecule has 4 bridgehead atoms. The fourth-order valence-corrected chi connectivity index (χ4v) is 5.03. The van der Waals surface area contributed by atoms with E-state index in [0.717, 1.165) is 37.1 Å². The minimum atomic E-state index is -1.03. The Morgan fingerprint density at radius 2 is 1.54 bits per heavy atom. The van der Waals surface area contributed by atoms with Crippen molar-refractivity contribution in [3.63, 3.8) is 0 Å². The number of hydrogen-bond donors (Lipinski definition) is 8. The first-order valence-electron chi connectivity index (χ1n) is 13.5. The highest BCUT2D eigenvalue weighted by Crippen LogP contribution is 2.31. The molecule has 0 saturated carbocycles. The number of amides is 3. The molecule has 2 heterocycles. The molecule has 2 aromatic carbocycles. The zero-order chi connectivity index (χ0) is 27.9. The van der Waals surface area contributed by atoms with Crippen molar-refractivity contribution in [3.05, 3.63) is 47.5 Å². The highest BCUT2D eigenvalue weighted by atomic mass is 16.3. The molecular weight excluding hydrogens is 500 g/mol. The molecule has 0 aromatic heterocycles. The summed E-state index contributed by atoms with van der Waals surface area (Å²) in [4.78, 5) is 39.9. The van der Waals surface area contributed by atoms with Gasteiger partial charge in [-0.2, -0.15) is 0 Å². The van der Waals surface area contributed by atoms with E-state index in [-0.39, 0.29) is 42.7 Å². The number of carbonyl (C=O) groups is 3. The molecule has 210 valence electrons. The van der Waals surface area contributed by atoms with Crippen LogP contribution in [-0.4, -0.2) is 71.7 Å². The third-order valence-corrected chi connectivity index (χ3v) is 7.34. The molecule has 3 atom stereocenters. The third-order valence-electron chi connectivity index (χ3n) is 7.34. The van der Waals surface area contributed by atoms with Gasteiger partial charge in [0.1, 0.15) is 23.6 Å². The average molecular weight is 539 g/mol. The summed E-state index contributed by atoms with van der Waals surface area (Å²) in [5, 5.41) is 32.9. The van der Waals surface area contributed by atoms with Crippen LogP contribution in [0.25, 0.3) is 11.1 Å². The molecule has 1 fully saturated rings. The summed E-state index contributed by atoms with van der Waals surface area (Å²) < 4.78 is 0. The number of rotatable bonds is 5. The lowest BCUT2D eigenvalue weighted by Crippen LogP contribution is -2.57. The van der Waals surface area contributed by atoms with Crippen molar-refractivity contribution in [2.24, 2.45) is 11.5 Å². The topological polar surface area (TPSA) is 192 Å². The number of fused-ring (bicyclic) bond motifs is 5. The summed E-state index contributed by atoms with van der Waals surface area (Å²) in [7, 11) is 0. The fourth-order valence-electron chi connectivity index (χ4n) is 5.03. The lowest BCUT2D eigenvalue weighted by molar-refractivity contribution is -0.132. The van der Waals surface area contributed by atoms with Gasteiger partial charge in [-0.15, -0.1) is 0 Å². The molecule has 2 aliphatic rings. The minimum absolute atomic E-state index is 0.00242. The van der Waals surface area contributed by atoms with Gasteiger partial charge in [-0.25, -0.2) is 0 Å². The molecule has 1 saturated heterocycles. The molecule has 10 N–H and O–H groups in total. The maximum Gasteiger partial charge on any atom is 0.243 e. The summed E-state index contributed by atoms with van der Waals surface area (Å²) in [5.41, 5.74) is 14.3. The van der Waals surface area contributed by atoms with Gasteiger partial charge in [0.05, 0.1) is 6.04 Å². The second-order valence-corrected chi connectivity index (χ2v) is 10.3. The maximum absolute atomic E-state index is 13.4. The van der Waals surface area contributed by atoms with E-state index in [9.17, 15) is 24.6 Å². The van der Waals surface area contributed by atoms with Crippen molar-refractivity contribution in [2.75, 3.05) is 19.6 Å². The molecule has 11 heteroatoms. The van der Waals surface area contributed by atoms with Gasteiger partial charge in [0.2, 0.25) is 17.7 Å². The highest BCUT2D eigenvalue weighted by Gasteiger charge is 2.30. The number of hydrogen-bond acceptors (Lipinski definition) is 8. The fraction of sp³-hybridized carbons (Fsp3) is 0.464. The number of benzene rings is 2. The van der Waals surface area contributed by atoms with Gasteiger partial charge in [-0.1, -0.05) is 12.1 Å². The van der Waals surface area contributed by atoms with Crippen LogP contribution >= 0.6 is 0 Å². The SMILES string of the molecule is NCCC[C@@H]1NC(=O)[C@@H](N)Cc2cc(ccc2O)-c2ccc(O)c(c2)C[C@@H](C(=O)NC2CCNCC2)NC1=O. The molecule has 39 heavy (non-hydrogen) atoms. The van der Waals surface area contributed by atoms with E-state index in [2.05, 4.69) is 21.3 Å². The first-order valence-corrected chi connectivity index (χ1v) is 13.5. The summed E-state index contributed by atoms with van der Waals surface area (Å²) in [5.74, 6) is -1.47. The zero-order valence-corrected chi connectivity index (χ0v) is 21.9. The Balaban J connectivity index is 1.73. The van der Waals surface area contributed by atoms with Gasteiger partial charge in [-0.3, -0.25) is 14.4 Å². The molecule has 0 aliphatic carbocycles. The van der Waals surface area contributed by atoms with Crippen LogP contribution in [0.15, 0.2) is 36.4 Å². The van der Waals surface area contributed by atoms with Crippen molar-refractivity contribution in [1.82, 2.24) is 21.3 Å².